The van der Waals surface area contributed by atoms with E-state index >= 15 is 0 Å². The van der Waals surface area contributed by atoms with Crippen LogP contribution in [0.3, 0.4) is 0 Å². The number of hydrogen-bond acceptors (Lipinski definition) is 4. The SMILES string of the molecule is CC(CC#N)N(C)Cc1c(C(=O)O)cnn1C. The fourth-order valence-corrected chi connectivity index (χ4v) is 1.51. The second-order valence-corrected chi connectivity index (χ2v) is 4.06. The summed E-state index contributed by atoms with van der Waals surface area (Å²) in [6.07, 6.45) is 1.76. The van der Waals surface area contributed by atoms with Crippen molar-refractivity contribution in [1.29, 1.82) is 5.26 Å². The van der Waals surface area contributed by atoms with Crippen LogP contribution < -0.4 is 0 Å². The molecule has 0 bridgehead atoms. The maximum Gasteiger partial charge on any atom is 0.339 e. The number of carboxylic acids is 1. The Kier molecular flexibility index (Phi) is 4.24. The molecule has 1 aromatic heterocycles. The second kappa shape index (κ2) is 5.46. The summed E-state index contributed by atoms with van der Waals surface area (Å²) < 4.78 is 1.55. The lowest BCUT2D eigenvalue weighted by atomic mass is 10.2. The molecule has 92 valence electrons. The summed E-state index contributed by atoms with van der Waals surface area (Å²) in [6, 6.07) is 2.18. The molecule has 0 aliphatic carbocycles. The topological polar surface area (TPSA) is 82.2 Å². The molecule has 1 rings (SSSR count). The van der Waals surface area contributed by atoms with Gasteiger partial charge in [0.2, 0.25) is 0 Å². The zero-order valence-electron chi connectivity index (χ0n) is 10.2. The summed E-state index contributed by atoms with van der Waals surface area (Å²) >= 11 is 0. The molecule has 0 aliphatic rings. The first-order valence-electron chi connectivity index (χ1n) is 5.28. The highest BCUT2D eigenvalue weighted by atomic mass is 16.4. The Bertz CT molecular complexity index is 447. The van der Waals surface area contributed by atoms with E-state index in [1.807, 2.05) is 18.9 Å². The maximum absolute atomic E-state index is 11.0. The van der Waals surface area contributed by atoms with Crippen molar-refractivity contribution in [3.63, 3.8) is 0 Å². The van der Waals surface area contributed by atoms with Crippen LogP contribution in [0.4, 0.5) is 0 Å². The normalized spacial score (nSPS) is 12.4. The second-order valence-electron chi connectivity index (χ2n) is 4.06. The van der Waals surface area contributed by atoms with E-state index in [-0.39, 0.29) is 11.6 Å². The van der Waals surface area contributed by atoms with E-state index in [1.54, 1.807) is 11.7 Å². The van der Waals surface area contributed by atoms with Crippen LogP contribution in [0, 0.1) is 11.3 Å². The minimum atomic E-state index is -0.977. The van der Waals surface area contributed by atoms with Crippen molar-refractivity contribution in [2.24, 2.45) is 7.05 Å². The number of nitrogens with zero attached hydrogens (tertiary/aromatic N) is 4. The third-order valence-electron chi connectivity index (χ3n) is 2.83. The fourth-order valence-electron chi connectivity index (χ4n) is 1.51. The van der Waals surface area contributed by atoms with Crippen LogP contribution in [-0.2, 0) is 13.6 Å². The minimum Gasteiger partial charge on any atom is -0.478 e. The summed E-state index contributed by atoms with van der Waals surface area (Å²) in [4.78, 5) is 12.9. The monoisotopic (exact) mass is 236 g/mol. The lowest BCUT2D eigenvalue weighted by molar-refractivity contribution is 0.0694. The van der Waals surface area contributed by atoms with E-state index in [0.29, 0.717) is 18.7 Å². The van der Waals surface area contributed by atoms with Crippen molar-refractivity contribution in [1.82, 2.24) is 14.7 Å². The highest BCUT2D eigenvalue weighted by molar-refractivity contribution is 5.88. The third-order valence-corrected chi connectivity index (χ3v) is 2.83. The van der Waals surface area contributed by atoms with E-state index < -0.39 is 5.97 Å². The predicted octanol–water partition coefficient (Wildman–Crippen LogP) is 0.852. The van der Waals surface area contributed by atoms with Crippen molar-refractivity contribution < 1.29 is 9.90 Å². The number of carboxylic acid groups (broad SMARTS) is 1. The molecule has 0 aromatic carbocycles. The average Bonchev–Trinajstić information content (AvgIpc) is 2.61. The molecule has 1 aromatic rings. The van der Waals surface area contributed by atoms with E-state index in [9.17, 15) is 4.79 Å². The molecule has 0 fully saturated rings. The molecule has 6 nitrogen and oxygen atoms in total. The number of hydrogen-bond donors (Lipinski definition) is 1. The van der Waals surface area contributed by atoms with E-state index in [0.717, 1.165) is 0 Å². The number of carbonyl (C=O) groups is 1. The quantitative estimate of drug-likeness (QED) is 0.819. The van der Waals surface area contributed by atoms with Crippen LogP contribution in [0.5, 0.6) is 0 Å². The first-order valence-corrected chi connectivity index (χ1v) is 5.28. The molecular formula is C11H16N4O2. The van der Waals surface area contributed by atoms with Crippen molar-refractivity contribution >= 4 is 5.97 Å². The predicted molar refractivity (Wildman–Crippen MR) is 61.3 cm³/mol. The Balaban J connectivity index is 2.84. The maximum atomic E-state index is 11.0. The van der Waals surface area contributed by atoms with Gasteiger partial charge in [-0.1, -0.05) is 0 Å². The lowest BCUT2D eigenvalue weighted by Crippen LogP contribution is -2.29. The Labute approximate surface area is 100 Å². The van der Waals surface area contributed by atoms with Crippen LogP contribution in [0.25, 0.3) is 0 Å². The highest BCUT2D eigenvalue weighted by Crippen LogP contribution is 2.12. The van der Waals surface area contributed by atoms with Gasteiger partial charge in [0, 0.05) is 19.6 Å². The van der Waals surface area contributed by atoms with Crippen molar-refractivity contribution in [2.75, 3.05) is 7.05 Å². The standard InChI is InChI=1S/C11H16N4O2/c1-8(4-5-12)14(2)7-10-9(11(16)17)6-13-15(10)3/h6,8H,4,7H2,1-3H3,(H,16,17). The van der Waals surface area contributed by atoms with Gasteiger partial charge in [0.05, 0.1) is 24.4 Å². The number of aromatic carboxylic acids is 1. The Hall–Kier alpha value is -1.87. The number of aromatic nitrogens is 2. The molecule has 0 radical (unpaired) electrons. The Morgan fingerprint density at radius 1 is 1.76 bits per heavy atom. The zero-order valence-corrected chi connectivity index (χ0v) is 10.2. The molecule has 17 heavy (non-hydrogen) atoms. The molecule has 6 heteroatoms. The summed E-state index contributed by atoms with van der Waals surface area (Å²) in [5.41, 5.74) is 0.855. The van der Waals surface area contributed by atoms with Crippen LogP contribution in [0.1, 0.15) is 29.4 Å². The van der Waals surface area contributed by atoms with Gasteiger partial charge in [-0.2, -0.15) is 10.4 Å². The summed E-state index contributed by atoms with van der Waals surface area (Å²) in [6.45, 7) is 2.39. The van der Waals surface area contributed by atoms with Crippen LogP contribution in [0.2, 0.25) is 0 Å². The van der Waals surface area contributed by atoms with Crippen molar-refractivity contribution in [2.45, 2.75) is 25.9 Å². The van der Waals surface area contributed by atoms with Crippen LogP contribution in [-0.4, -0.2) is 38.8 Å². The molecule has 0 aliphatic heterocycles. The molecule has 0 spiro atoms. The summed E-state index contributed by atoms with van der Waals surface area (Å²) in [5, 5.41) is 21.6. The highest BCUT2D eigenvalue weighted by Gasteiger charge is 2.18. The Morgan fingerprint density at radius 2 is 2.41 bits per heavy atom. The van der Waals surface area contributed by atoms with Gasteiger partial charge < -0.3 is 5.11 Å². The summed E-state index contributed by atoms with van der Waals surface area (Å²) in [5.74, 6) is -0.977. The number of aryl methyl sites for hydroxylation is 1. The van der Waals surface area contributed by atoms with E-state index in [1.165, 1.54) is 6.20 Å². The first-order chi connectivity index (χ1) is 7.97. The smallest absolute Gasteiger partial charge is 0.339 e. The van der Waals surface area contributed by atoms with Gasteiger partial charge in [-0.3, -0.25) is 9.58 Å². The zero-order chi connectivity index (χ0) is 13.0. The van der Waals surface area contributed by atoms with Crippen molar-refractivity contribution in [3.05, 3.63) is 17.5 Å². The largest absolute Gasteiger partial charge is 0.478 e. The van der Waals surface area contributed by atoms with E-state index in [2.05, 4.69) is 11.2 Å². The molecule has 1 unspecified atom stereocenters. The Morgan fingerprint density at radius 3 is 2.94 bits per heavy atom. The molecule has 0 amide bonds. The molecule has 0 saturated carbocycles. The van der Waals surface area contributed by atoms with Gasteiger partial charge in [-0.15, -0.1) is 0 Å². The molecular weight excluding hydrogens is 220 g/mol. The average molecular weight is 236 g/mol. The first kappa shape index (κ1) is 13.2. The molecule has 1 N–H and O–H groups in total. The van der Waals surface area contributed by atoms with Crippen LogP contribution >= 0.6 is 0 Å². The lowest BCUT2D eigenvalue weighted by Gasteiger charge is -2.22. The van der Waals surface area contributed by atoms with Crippen molar-refractivity contribution in [3.8, 4) is 6.07 Å². The molecule has 1 heterocycles. The third kappa shape index (κ3) is 3.04. The van der Waals surface area contributed by atoms with Gasteiger partial charge in [0.25, 0.3) is 0 Å². The summed E-state index contributed by atoms with van der Waals surface area (Å²) in [7, 11) is 3.57. The van der Waals surface area contributed by atoms with Gasteiger partial charge in [0.15, 0.2) is 0 Å². The van der Waals surface area contributed by atoms with Gasteiger partial charge in [-0.05, 0) is 14.0 Å². The molecule has 1 atom stereocenters. The van der Waals surface area contributed by atoms with Crippen LogP contribution in [0.15, 0.2) is 6.20 Å². The van der Waals surface area contributed by atoms with Gasteiger partial charge >= 0.3 is 5.97 Å². The number of nitriles is 1. The van der Waals surface area contributed by atoms with Gasteiger partial charge in [0.1, 0.15) is 5.56 Å². The fraction of sp³-hybridized carbons (Fsp3) is 0.545. The molecule has 0 saturated heterocycles. The van der Waals surface area contributed by atoms with Gasteiger partial charge in [-0.25, -0.2) is 4.79 Å². The minimum absolute atomic E-state index is 0.0801. The number of rotatable bonds is 5. The van der Waals surface area contributed by atoms with E-state index in [4.69, 9.17) is 10.4 Å².